The summed E-state index contributed by atoms with van der Waals surface area (Å²) in [4.78, 5) is 11.9. The molecule has 1 fully saturated rings. The average molecular weight is 247 g/mol. The van der Waals surface area contributed by atoms with Crippen LogP contribution >= 0.6 is 0 Å². The van der Waals surface area contributed by atoms with Crippen molar-refractivity contribution in [1.82, 2.24) is 5.32 Å². The fraction of sp³-hybridized carbons (Fsp3) is 0.545. The molecule has 6 heteroatoms. The van der Waals surface area contributed by atoms with Gasteiger partial charge in [0.2, 0.25) is 0 Å². The molecule has 1 aromatic rings. The van der Waals surface area contributed by atoms with E-state index in [1.165, 1.54) is 18.6 Å². The summed E-state index contributed by atoms with van der Waals surface area (Å²) in [6.07, 6.45) is -2.29. The molecule has 1 aliphatic rings. The summed E-state index contributed by atoms with van der Waals surface area (Å²) in [5, 5.41) is 2.62. The Hall–Kier alpha value is -1.30. The van der Waals surface area contributed by atoms with E-state index in [0.29, 0.717) is 5.56 Å². The molecular formula is C11H12F3NO2. The monoisotopic (exact) mass is 247 g/mol. The number of halogens is 3. The smallest absolute Gasteiger partial charge is 0.402 e. The summed E-state index contributed by atoms with van der Waals surface area (Å²) in [6, 6.07) is 1.50. The van der Waals surface area contributed by atoms with Crippen molar-refractivity contribution in [3.05, 3.63) is 24.2 Å². The Kier molecular flexibility index (Phi) is 2.99. The molecule has 1 saturated heterocycles. The van der Waals surface area contributed by atoms with E-state index in [-0.39, 0.29) is 25.9 Å². The minimum absolute atomic E-state index is 0.187. The molecule has 17 heavy (non-hydrogen) atoms. The van der Waals surface area contributed by atoms with Gasteiger partial charge in [0, 0.05) is 13.0 Å². The third-order valence-electron chi connectivity index (χ3n) is 3.18. The molecule has 1 aromatic heterocycles. The normalized spacial score (nSPS) is 25.1. The van der Waals surface area contributed by atoms with Crippen molar-refractivity contribution in [2.45, 2.75) is 19.0 Å². The molecule has 1 atom stereocenters. The van der Waals surface area contributed by atoms with Crippen LogP contribution in [0, 0.1) is 5.41 Å². The number of furan rings is 1. The van der Waals surface area contributed by atoms with Crippen LogP contribution < -0.4 is 5.32 Å². The largest absolute Gasteiger partial charge is 0.472 e. The van der Waals surface area contributed by atoms with Gasteiger partial charge in [-0.3, -0.25) is 4.79 Å². The van der Waals surface area contributed by atoms with Crippen LogP contribution in [0.3, 0.4) is 0 Å². The van der Waals surface area contributed by atoms with E-state index in [1.54, 1.807) is 0 Å². The maximum atomic E-state index is 13.0. The first-order valence-electron chi connectivity index (χ1n) is 5.27. The molecule has 0 aromatic carbocycles. The highest BCUT2D eigenvalue weighted by atomic mass is 19.4. The molecule has 0 saturated carbocycles. The highest BCUT2D eigenvalue weighted by Gasteiger charge is 2.60. The second-order valence-corrected chi connectivity index (χ2v) is 4.24. The van der Waals surface area contributed by atoms with Crippen LogP contribution in [0.2, 0.25) is 0 Å². The van der Waals surface area contributed by atoms with Crippen LogP contribution in [-0.4, -0.2) is 25.0 Å². The van der Waals surface area contributed by atoms with E-state index >= 15 is 0 Å². The second-order valence-electron chi connectivity index (χ2n) is 4.24. The number of ketones is 1. The van der Waals surface area contributed by atoms with E-state index in [2.05, 4.69) is 5.32 Å². The summed E-state index contributed by atoms with van der Waals surface area (Å²) in [6.45, 7) is -0.107. The summed E-state index contributed by atoms with van der Waals surface area (Å²) >= 11 is 0. The van der Waals surface area contributed by atoms with E-state index in [1.807, 2.05) is 0 Å². The third-order valence-corrected chi connectivity index (χ3v) is 3.18. The number of hydrogen-bond acceptors (Lipinski definition) is 3. The molecule has 1 aliphatic heterocycles. The van der Waals surface area contributed by atoms with Crippen molar-refractivity contribution in [3.63, 3.8) is 0 Å². The van der Waals surface area contributed by atoms with Gasteiger partial charge >= 0.3 is 6.18 Å². The molecule has 0 aliphatic carbocycles. The van der Waals surface area contributed by atoms with Crippen LogP contribution in [0.4, 0.5) is 13.2 Å². The fourth-order valence-electron chi connectivity index (χ4n) is 2.08. The first-order valence-corrected chi connectivity index (χ1v) is 5.27. The van der Waals surface area contributed by atoms with Crippen LogP contribution in [0.15, 0.2) is 23.0 Å². The van der Waals surface area contributed by atoms with Gasteiger partial charge in [-0.1, -0.05) is 0 Å². The summed E-state index contributed by atoms with van der Waals surface area (Å²) in [5.41, 5.74) is -1.75. The number of rotatable bonds is 3. The summed E-state index contributed by atoms with van der Waals surface area (Å²) < 4.78 is 43.8. The Morgan fingerprint density at radius 2 is 2.29 bits per heavy atom. The van der Waals surface area contributed by atoms with Crippen molar-refractivity contribution < 1.29 is 22.4 Å². The quantitative estimate of drug-likeness (QED) is 0.887. The van der Waals surface area contributed by atoms with Gasteiger partial charge in [-0.15, -0.1) is 0 Å². The Labute approximate surface area is 96.0 Å². The lowest BCUT2D eigenvalue weighted by atomic mass is 9.79. The number of carbonyl (C=O) groups is 1. The van der Waals surface area contributed by atoms with Crippen molar-refractivity contribution in [3.8, 4) is 0 Å². The lowest BCUT2D eigenvalue weighted by Gasteiger charge is -2.29. The highest BCUT2D eigenvalue weighted by Crippen LogP contribution is 2.44. The first kappa shape index (κ1) is 12.2. The fourth-order valence-corrected chi connectivity index (χ4v) is 2.08. The van der Waals surface area contributed by atoms with Crippen LogP contribution in [0.25, 0.3) is 0 Å². The molecule has 0 amide bonds. The molecule has 0 bridgehead atoms. The molecule has 2 heterocycles. The van der Waals surface area contributed by atoms with Gasteiger partial charge in [0.05, 0.1) is 12.5 Å². The molecular weight excluding hydrogens is 235 g/mol. The van der Waals surface area contributed by atoms with Gasteiger partial charge in [0.1, 0.15) is 5.41 Å². The Balaban J connectivity index is 2.20. The van der Waals surface area contributed by atoms with Crippen LogP contribution in [0.1, 0.15) is 12.0 Å². The molecule has 3 nitrogen and oxygen atoms in total. The van der Waals surface area contributed by atoms with Gasteiger partial charge < -0.3 is 9.73 Å². The van der Waals surface area contributed by atoms with E-state index in [9.17, 15) is 18.0 Å². The number of carbonyl (C=O) groups excluding carboxylic acids is 1. The number of Topliss-reactive ketones (excluding diaryl/α,β-unsaturated/α-hetero) is 1. The summed E-state index contributed by atoms with van der Waals surface area (Å²) in [5.74, 6) is -0.795. The molecule has 94 valence electrons. The van der Waals surface area contributed by atoms with Gasteiger partial charge in [-0.25, -0.2) is 0 Å². The Morgan fingerprint density at radius 1 is 1.53 bits per heavy atom. The van der Waals surface area contributed by atoms with Crippen LogP contribution in [-0.2, 0) is 11.2 Å². The van der Waals surface area contributed by atoms with E-state index < -0.39 is 17.4 Å². The van der Waals surface area contributed by atoms with Crippen molar-refractivity contribution in [1.29, 1.82) is 0 Å². The van der Waals surface area contributed by atoms with E-state index in [4.69, 9.17) is 4.42 Å². The molecule has 1 unspecified atom stereocenters. The number of alkyl halides is 3. The highest BCUT2D eigenvalue weighted by molar-refractivity contribution is 5.88. The van der Waals surface area contributed by atoms with Crippen molar-refractivity contribution in [2.24, 2.45) is 5.41 Å². The van der Waals surface area contributed by atoms with Gasteiger partial charge in [0.25, 0.3) is 0 Å². The molecule has 2 rings (SSSR count). The third kappa shape index (κ3) is 2.09. The van der Waals surface area contributed by atoms with Crippen LogP contribution in [0.5, 0.6) is 0 Å². The lowest BCUT2D eigenvalue weighted by molar-refractivity contribution is -0.214. The van der Waals surface area contributed by atoms with E-state index in [0.717, 1.165) is 0 Å². The molecule has 1 N–H and O–H groups in total. The van der Waals surface area contributed by atoms with Gasteiger partial charge in [-0.2, -0.15) is 13.2 Å². The maximum Gasteiger partial charge on any atom is 0.402 e. The second kappa shape index (κ2) is 4.18. The minimum atomic E-state index is -4.50. The Bertz CT molecular complexity index is 391. The number of nitrogens with one attached hydrogen (secondary N) is 1. The van der Waals surface area contributed by atoms with Crippen molar-refractivity contribution >= 4 is 5.78 Å². The zero-order chi connectivity index (χ0) is 12.5. The predicted molar refractivity (Wildman–Crippen MR) is 53.4 cm³/mol. The average Bonchev–Trinajstić information content (AvgIpc) is 2.85. The van der Waals surface area contributed by atoms with Gasteiger partial charge in [0.15, 0.2) is 5.78 Å². The summed E-state index contributed by atoms with van der Waals surface area (Å²) in [7, 11) is 0. The lowest BCUT2D eigenvalue weighted by Crippen LogP contribution is -2.47. The minimum Gasteiger partial charge on any atom is -0.472 e. The van der Waals surface area contributed by atoms with Gasteiger partial charge in [-0.05, 0) is 24.6 Å². The SMILES string of the molecule is O=C(Cc1ccoc1)C1(C(F)(F)F)CCNC1. The Morgan fingerprint density at radius 3 is 2.76 bits per heavy atom. The topological polar surface area (TPSA) is 42.2 Å². The maximum absolute atomic E-state index is 13.0. The predicted octanol–water partition coefficient (Wildman–Crippen LogP) is 1.93. The number of hydrogen-bond donors (Lipinski definition) is 1. The standard InChI is InChI=1S/C11H12F3NO2/c12-11(13,14)10(2-3-15-7-10)9(16)5-8-1-4-17-6-8/h1,4,6,15H,2-3,5,7H2. The zero-order valence-corrected chi connectivity index (χ0v) is 9.01. The molecule has 0 radical (unpaired) electrons. The molecule has 0 spiro atoms. The zero-order valence-electron chi connectivity index (χ0n) is 9.01. The van der Waals surface area contributed by atoms with Crippen molar-refractivity contribution in [2.75, 3.05) is 13.1 Å². The first-order chi connectivity index (χ1) is 7.96.